The van der Waals surface area contributed by atoms with Crippen LogP contribution in [0.15, 0.2) is 48.5 Å². The molecular weight excluding hydrogens is 370 g/mol. The Hall–Kier alpha value is -2.99. The van der Waals surface area contributed by atoms with Crippen LogP contribution < -0.4 is 4.90 Å². The third kappa shape index (κ3) is 4.07. The molecule has 29 heavy (non-hydrogen) atoms. The van der Waals surface area contributed by atoms with Crippen molar-refractivity contribution in [2.75, 3.05) is 18.1 Å². The smallest absolute Gasteiger partial charge is 0.326 e. The second-order valence-corrected chi connectivity index (χ2v) is 7.12. The van der Waals surface area contributed by atoms with E-state index in [0.717, 1.165) is 18.4 Å². The summed E-state index contributed by atoms with van der Waals surface area (Å²) in [5.41, 5.74) is 0.296. The molecule has 0 aromatic heterocycles. The maximum atomic E-state index is 13.0. The van der Waals surface area contributed by atoms with Gasteiger partial charge < -0.3 is 9.84 Å². The Labute approximate surface area is 170 Å². The van der Waals surface area contributed by atoms with Crippen molar-refractivity contribution in [3.63, 3.8) is 0 Å². The molecule has 2 aromatic carbocycles. The standard InChI is InChI=1S/C23H25NO5/c1-3-7-16-10-12-17(13-11-16)20(25)14-23(28)18-8-5-6-9-19(18)24(22(23)27)15-21(26)29-4-2/h5-6,8-13,28H,3-4,7,14-15H2,1-2H3/t23-/m1/s1. The molecule has 0 saturated heterocycles. The highest BCUT2D eigenvalue weighted by molar-refractivity contribution is 6.12. The number of ether oxygens (including phenoxy) is 1. The average molecular weight is 395 g/mol. The third-order valence-corrected chi connectivity index (χ3v) is 5.06. The fraction of sp³-hybridized carbons (Fsp3) is 0.348. The zero-order valence-corrected chi connectivity index (χ0v) is 16.7. The molecule has 1 aliphatic heterocycles. The predicted octanol–water partition coefficient (Wildman–Crippen LogP) is 3.01. The van der Waals surface area contributed by atoms with Crippen molar-refractivity contribution < 1.29 is 24.2 Å². The molecule has 2 aromatic rings. The Bertz CT molecular complexity index is 921. The van der Waals surface area contributed by atoms with Gasteiger partial charge >= 0.3 is 5.97 Å². The lowest BCUT2D eigenvalue weighted by Crippen LogP contribution is -2.44. The lowest BCUT2D eigenvalue weighted by Gasteiger charge is -2.22. The molecule has 0 unspecified atom stereocenters. The van der Waals surface area contributed by atoms with Crippen LogP contribution in [0.4, 0.5) is 5.69 Å². The fourth-order valence-electron chi connectivity index (χ4n) is 3.65. The molecule has 1 amide bonds. The Morgan fingerprint density at radius 1 is 1.07 bits per heavy atom. The number of hydrogen-bond acceptors (Lipinski definition) is 5. The van der Waals surface area contributed by atoms with Gasteiger partial charge in [0, 0.05) is 11.1 Å². The second kappa shape index (κ2) is 8.57. The van der Waals surface area contributed by atoms with E-state index in [1.807, 2.05) is 12.1 Å². The van der Waals surface area contributed by atoms with Gasteiger partial charge in [0.1, 0.15) is 6.54 Å². The van der Waals surface area contributed by atoms with Crippen LogP contribution in [-0.4, -0.2) is 35.9 Å². The van der Waals surface area contributed by atoms with Gasteiger partial charge in [-0.15, -0.1) is 0 Å². The minimum atomic E-state index is -2.01. The summed E-state index contributed by atoms with van der Waals surface area (Å²) in [5, 5.41) is 11.2. The molecule has 1 N–H and O–H groups in total. The number of hydrogen-bond donors (Lipinski definition) is 1. The van der Waals surface area contributed by atoms with Crippen LogP contribution in [0.1, 0.15) is 48.2 Å². The van der Waals surface area contributed by atoms with Crippen molar-refractivity contribution >= 4 is 23.3 Å². The van der Waals surface area contributed by atoms with Crippen LogP contribution in [0.5, 0.6) is 0 Å². The normalized spacial score (nSPS) is 17.9. The molecule has 6 heteroatoms. The van der Waals surface area contributed by atoms with E-state index in [1.54, 1.807) is 43.3 Å². The summed E-state index contributed by atoms with van der Waals surface area (Å²) in [4.78, 5) is 39.0. The molecule has 0 saturated carbocycles. The van der Waals surface area contributed by atoms with Gasteiger partial charge in [-0.3, -0.25) is 19.3 Å². The molecule has 3 rings (SSSR count). The highest BCUT2D eigenvalue weighted by Crippen LogP contribution is 2.42. The average Bonchev–Trinajstić information content (AvgIpc) is 2.91. The van der Waals surface area contributed by atoms with Crippen molar-refractivity contribution in [1.82, 2.24) is 0 Å². The van der Waals surface area contributed by atoms with Crippen molar-refractivity contribution in [2.24, 2.45) is 0 Å². The summed E-state index contributed by atoms with van der Waals surface area (Å²) in [5.74, 6) is -1.60. The molecular formula is C23H25NO5. The molecule has 0 bridgehead atoms. The number of aliphatic hydroxyl groups is 1. The SMILES string of the molecule is CCCc1ccc(C(=O)C[C@]2(O)C(=O)N(CC(=O)OCC)c3ccccc32)cc1. The lowest BCUT2D eigenvalue weighted by molar-refractivity contribution is -0.144. The number of amides is 1. The number of Topliss-reactive ketones (excluding diaryl/α,β-unsaturated/α-hetero) is 1. The number of para-hydroxylation sites is 1. The predicted molar refractivity (Wildman–Crippen MR) is 109 cm³/mol. The van der Waals surface area contributed by atoms with Gasteiger partial charge in [-0.05, 0) is 25.0 Å². The zero-order valence-electron chi connectivity index (χ0n) is 16.7. The Kier molecular flexibility index (Phi) is 6.13. The summed E-state index contributed by atoms with van der Waals surface area (Å²) < 4.78 is 4.94. The van der Waals surface area contributed by atoms with Crippen molar-refractivity contribution in [3.8, 4) is 0 Å². The Morgan fingerprint density at radius 2 is 1.76 bits per heavy atom. The summed E-state index contributed by atoms with van der Waals surface area (Å²) in [6.45, 7) is 3.64. The van der Waals surface area contributed by atoms with Crippen LogP contribution in [0.3, 0.4) is 0 Å². The van der Waals surface area contributed by atoms with Gasteiger partial charge in [-0.2, -0.15) is 0 Å². The summed E-state index contributed by atoms with van der Waals surface area (Å²) >= 11 is 0. The molecule has 1 heterocycles. The fourth-order valence-corrected chi connectivity index (χ4v) is 3.65. The number of carbonyl (C=O) groups is 3. The zero-order chi connectivity index (χ0) is 21.0. The number of nitrogens with zero attached hydrogens (tertiary/aromatic N) is 1. The molecule has 0 spiro atoms. The third-order valence-electron chi connectivity index (χ3n) is 5.06. The van der Waals surface area contributed by atoms with E-state index in [-0.39, 0.29) is 18.9 Å². The van der Waals surface area contributed by atoms with Crippen molar-refractivity contribution in [3.05, 3.63) is 65.2 Å². The van der Waals surface area contributed by atoms with E-state index < -0.39 is 23.9 Å². The number of carbonyl (C=O) groups excluding carboxylic acids is 3. The topological polar surface area (TPSA) is 83.9 Å². The molecule has 1 atom stereocenters. The molecule has 0 aliphatic carbocycles. The maximum Gasteiger partial charge on any atom is 0.326 e. The molecule has 6 nitrogen and oxygen atoms in total. The van der Waals surface area contributed by atoms with Crippen molar-refractivity contribution in [1.29, 1.82) is 0 Å². The largest absolute Gasteiger partial charge is 0.465 e. The van der Waals surface area contributed by atoms with Gasteiger partial charge in [0.25, 0.3) is 5.91 Å². The minimum absolute atomic E-state index is 0.194. The summed E-state index contributed by atoms with van der Waals surface area (Å²) in [6, 6.07) is 13.9. The first kappa shape index (κ1) is 20.7. The van der Waals surface area contributed by atoms with Crippen LogP contribution in [-0.2, 0) is 26.3 Å². The number of benzene rings is 2. The summed E-state index contributed by atoms with van der Waals surface area (Å²) in [7, 11) is 0. The van der Waals surface area contributed by atoms with E-state index in [1.165, 1.54) is 4.90 Å². The first-order valence-electron chi connectivity index (χ1n) is 9.82. The lowest BCUT2D eigenvalue weighted by atomic mass is 9.88. The van der Waals surface area contributed by atoms with E-state index in [2.05, 4.69) is 6.92 Å². The summed E-state index contributed by atoms with van der Waals surface area (Å²) in [6.07, 6.45) is 1.54. The van der Waals surface area contributed by atoms with Crippen LogP contribution in [0.2, 0.25) is 0 Å². The number of anilines is 1. The molecule has 0 radical (unpaired) electrons. The number of ketones is 1. The monoisotopic (exact) mass is 395 g/mol. The van der Waals surface area contributed by atoms with Gasteiger partial charge in [0.2, 0.25) is 0 Å². The van der Waals surface area contributed by atoms with Gasteiger partial charge in [0.15, 0.2) is 11.4 Å². The van der Waals surface area contributed by atoms with E-state index in [4.69, 9.17) is 4.74 Å². The van der Waals surface area contributed by atoms with Gasteiger partial charge in [-0.1, -0.05) is 55.8 Å². The van der Waals surface area contributed by atoms with Crippen LogP contribution in [0, 0.1) is 0 Å². The Morgan fingerprint density at radius 3 is 2.41 bits per heavy atom. The van der Waals surface area contributed by atoms with E-state index in [0.29, 0.717) is 16.8 Å². The maximum absolute atomic E-state index is 13.0. The Balaban J connectivity index is 1.86. The number of rotatable bonds is 8. The van der Waals surface area contributed by atoms with Gasteiger partial charge in [-0.25, -0.2) is 0 Å². The van der Waals surface area contributed by atoms with Crippen LogP contribution in [0.25, 0.3) is 0 Å². The number of esters is 1. The van der Waals surface area contributed by atoms with E-state index in [9.17, 15) is 19.5 Å². The van der Waals surface area contributed by atoms with E-state index >= 15 is 0 Å². The highest BCUT2D eigenvalue weighted by Gasteiger charge is 2.51. The minimum Gasteiger partial charge on any atom is -0.465 e. The highest BCUT2D eigenvalue weighted by atomic mass is 16.5. The van der Waals surface area contributed by atoms with Crippen molar-refractivity contribution in [2.45, 2.75) is 38.7 Å². The second-order valence-electron chi connectivity index (χ2n) is 7.12. The van der Waals surface area contributed by atoms with Gasteiger partial charge in [0.05, 0.1) is 18.7 Å². The molecule has 1 aliphatic rings. The molecule has 152 valence electrons. The first-order chi connectivity index (χ1) is 13.9. The number of aryl methyl sites for hydroxylation is 1. The molecule has 0 fully saturated rings. The quantitative estimate of drug-likeness (QED) is 0.549. The van der Waals surface area contributed by atoms with Crippen LogP contribution >= 0.6 is 0 Å². The first-order valence-corrected chi connectivity index (χ1v) is 9.82. The number of fused-ring (bicyclic) bond motifs is 1.